The van der Waals surface area contributed by atoms with Crippen molar-refractivity contribution in [2.24, 2.45) is 7.05 Å². The zero-order valence-corrected chi connectivity index (χ0v) is 10.7. The molecule has 0 aromatic carbocycles. The van der Waals surface area contributed by atoms with Crippen molar-refractivity contribution < 1.29 is 0 Å². The smallest absolute Gasteiger partial charge is 0.164 e. The summed E-state index contributed by atoms with van der Waals surface area (Å²) in [5, 5.41) is 0. The molecule has 13 heavy (non-hydrogen) atoms. The number of hydrogen-bond acceptors (Lipinski definition) is 4. The molecule has 0 fully saturated rings. The van der Waals surface area contributed by atoms with Gasteiger partial charge in [-0.05, 0) is 18.8 Å². The van der Waals surface area contributed by atoms with Crippen LogP contribution in [0.1, 0.15) is 5.82 Å². The molecule has 1 aromatic heterocycles. The van der Waals surface area contributed by atoms with Crippen molar-refractivity contribution >= 4 is 35.3 Å². The Hall–Kier alpha value is 0.260. The molecule has 0 unspecified atom stereocenters. The van der Waals surface area contributed by atoms with Crippen LogP contribution < -0.4 is 0 Å². The van der Waals surface area contributed by atoms with Crippen LogP contribution in [0.25, 0.3) is 0 Å². The second-order valence-corrected chi connectivity index (χ2v) is 6.37. The molecule has 0 saturated carbocycles. The zero-order valence-electron chi connectivity index (χ0n) is 8.27. The molecule has 0 aliphatic rings. The van der Waals surface area contributed by atoms with E-state index >= 15 is 0 Å². The van der Waals surface area contributed by atoms with Crippen LogP contribution in [0.2, 0.25) is 0 Å². The maximum absolute atomic E-state index is 4.40. The summed E-state index contributed by atoms with van der Waals surface area (Å²) in [5.74, 6) is 1.13. The Bertz CT molecular complexity index is 260. The Morgan fingerprint density at radius 2 is 1.77 bits per heavy atom. The predicted molar refractivity (Wildman–Crippen MR) is 65.4 cm³/mol. The number of imidazole rings is 1. The van der Waals surface area contributed by atoms with Gasteiger partial charge >= 0.3 is 0 Å². The summed E-state index contributed by atoms with van der Waals surface area (Å²) in [5.41, 5.74) is 0. The number of aromatic nitrogens is 2. The van der Waals surface area contributed by atoms with Crippen LogP contribution in [-0.2, 0) is 10.5 Å². The Balaban J connectivity index is 3.07. The van der Waals surface area contributed by atoms with Gasteiger partial charge in [-0.1, -0.05) is 0 Å². The zero-order chi connectivity index (χ0) is 9.90. The van der Waals surface area contributed by atoms with Crippen molar-refractivity contribution in [2.75, 3.05) is 18.8 Å². The van der Waals surface area contributed by atoms with E-state index in [1.807, 2.05) is 54.7 Å². The second-order valence-electron chi connectivity index (χ2n) is 2.53. The third kappa shape index (κ3) is 2.02. The van der Waals surface area contributed by atoms with E-state index in [4.69, 9.17) is 0 Å². The van der Waals surface area contributed by atoms with Crippen LogP contribution in [0, 0.1) is 0 Å². The second kappa shape index (κ2) is 4.66. The van der Waals surface area contributed by atoms with Gasteiger partial charge in [-0.3, -0.25) is 0 Å². The van der Waals surface area contributed by atoms with Crippen molar-refractivity contribution in [3.63, 3.8) is 0 Å². The lowest BCUT2D eigenvalue weighted by Crippen LogP contribution is -2.17. The fourth-order valence-electron chi connectivity index (χ4n) is 1.18. The van der Waals surface area contributed by atoms with Gasteiger partial charge in [0.1, 0.15) is 5.82 Å². The molecule has 2 nitrogen and oxygen atoms in total. The highest BCUT2D eigenvalue weighted by Crippen LogP contribution is 2.50. The highest BCUT2D eigenvalue weighted by atomic mass is 32.3. The summed E-state index contributed by atoms with van der Waals surface area (Å²) in [6.07, 6.45) is 10.2. The van der Waals surface area contributed by atoms with Gasteiger partial charge in [-0.15, -0.1) is 35.3 Å². The first kappa shape index (κ1) is 11.3. The number of hydrogen-bond donors (Lipinski definition) is 0. The van der Waals surface area contributed by atoms with Crippen molar-refractivity contribution in [1.82, 2.24) is 9.55 Å². The van der Waals surface area contributed by atoms with Gasteiger partial charge in [0.2, 0.25) is 0 Å². The van der Waals surface area contributed by atoms with E-state index < -0.39 is 0 Å². The van der Waals surface area contributed by atoms with E-state index in [1.54, 1.807) is 0 Å². The van der Waals surface area contributed by atoms with Crippen LogP contribution in [-0.4, -0.2) is 28.3 Å². The monoisotopic (exact) mass is 234 g/mol. The summed E-state index contributed by atoms with van der Waals surface area (Å²) in [6.45, 7) is 0. The minimum Gasteiger partial charge on any atom is -0.335 e. The van der Waals surface area contributed by atoms with E-state index in [-0.39, 0.29) is 3.41 Å². The topological polar surface area (TPSA) is 17.8 Å². The maximum Gasteiger partial charge on any atom is 0.164 e. The first-order chi connectivity index (χ1) is 6.20. The van der Waals surface area contributed by atoms with Crippen LogP contribution in [0.3, 0.4) is 0 Å². The Labute approximate surface area is 92.3 Å². The number of rotatable bonds is 4. The van der Waals surface area contributed by atoms with Gasteiger partial charge in [0.15, 0.2) is 3.41 Å². The standard InChI is InChI=1S/C8H14N2S3/c1-10-6-5-9-7(10)8(11-2,12-3)13-4/h5-6H,1-4H3. The van der Waals surface area contributed by atoms with Crippen molar-refractivity contribution in [1.29, 1.82) is 0 Å². The molecule has 0 radical (unpaired) electrons. The van der Waals surface area contributed by atoms with Gasteiger partial charge in [0, 0.05) is 19.4 Å². The molecule has 74 valence electrons. The van der Waals surface area contributed by atoms with E-state index in [0.717, 1.165) is 5.82 Å². The summed E-state index contributed by atoms with van der Waals surface area (Å²) in [6, 6.07) is 0. The molecule has 1 heterocycles. The van der Waals surface area contributed by atoms with Crippen LogP contribution >= 0.6 is 35.3 Å². The number of aryl methyl sites for hydroxylation is 1. The lowest BCUT2D eigenvalue weighted by Gasteiger charge is -2.27. The molecule has 1 rings (SSSR count). The summed E-state index contributed by atoms with van der Waals surface area (Å²) in [4.78, 5) is 4.40. The Kier molecular flexibility index (Phi) is 4.06. The summed E-state index contributed by atoms with van der Waals surface area (Å²) >= 11 is 5.50. The van der Waals surface area contributed by atoms with Crippen molar-refractivity contribution in [3.8, 4) is 0 Å². The van der Waals surface area contributed by atoms with E-state index in [9.17, 15) is 0 Å². The molecule has 0 bridgehead atoms. The number of thioether (sulfide) groups is 3. The predicted octanol–water partition coefficient (Wildman–Crippen LogP) is 2.62. The number of nitrogens with zero attached hydrogens (tertiary/aromatic N) is 2. The minimum atomic E-state index is 0.0399. The van der Waals surface area contributed by atoms with E-state index in [2.05, 4.69) is 28.3 Å². The van der Waals surface area contributed by atoms with Gasteiger partial charge in [0.05, 0.1) is 0 Å². The first-order valence-electron chi connectivity index (χ1n) is 3.83. The quantitative estimate of drug-likeness (QED) is 0.745. The SMILES string of the molecule is CSC(SC)(SC)c1nccn1C. The molecule has 0 spiro atoms. The average molecular weight is 234 g/mol. The van der Waals surface area contributed by atoms with Crippen LogP contribution in [0.4, 0.5) is 0 Å². The Morgan fingerprint density at radius 3 is 2.08 bits per heavy atom. The molecule has 0 atom stereocenters. The molecule has 0 aliphatic heterocycles. The van der Waals surface area contributed by atoms with Crippen molar-refractivity contribution in [2.45, 2.75) is 3.41 Å². The van der Waals surface area contributed by atoms with Crippen LogP contribution in [0.5, 0.6) is 0 Å². The lowest BCUT2D eigenvalue weighted by atomic mass is 10.7. The fourth-order valence-corrected chi connectivity index (χ4v) is 4.32. The molecule has 5 heteroatoms. The highest BCUT2D eigenvalue weighted by Gasteiger charge is 2.33. The van der Waals surface area contributed by atoms with Gasteiger partial charge in [-0.25, -0.2) is 4.98 Å². The molecule has 0 N–H and O–H groups in total. The lowest BCUT2D eigenvalue weighted by molar-refractivity contribution is 0.831. The molecule has 0 saturated heterocycles. The van der Waals surface area contributed by atoms with Gasteiger partial charge < -0.3 is 4.57 Å². The van der Waals surface area contributed by atoms with Crippen molar-refractivity contribution in [3.05, 3.63) is 18.2 Å². The molecule has 1 aromatic rings. The van der Waals surface area contributed by atoms with E-state index in [0.29, 0.717) is 0 Å². The first-order valence-corrected chi connectivity index (χ1v) is 7.51. The normalized spacial score (nSPS) is 12.0. The third-order valence-electron chi connectivity index (χ3n) is 1.90. The average Bonchev–Trinajstić information content (AvgIpc) is 2.57. The van der Waals surface area contributed by atoms with Gasteiger partial charge in [-0.2, -0.15) is 0 Å². The largest absolute Gasteiger partial charge is 0.335 e. The third-order valence-corrected chi connectivity index (χ3v) is 7.06. The summed E-state index contributed by atoms with van der Waals surface area (Å²) in [7, 11) is 2.04. The fraction of sp³-hybridized carbons (Fsp3) is 0.625. The maximum atomic E-state index is 4.40. The minimum absolute atomic E-state index is 0.0399. The molecular formula is C8H14N2S3. The summed E-state index contributed by atoms with van der Waals surface area (Å²) < 4.78 is 2.13. The highest BCUT2D eigenvalue weighted by molar-refractivity contribution is 8.32. The molecule has 0 amide bonds. The van der Waals surface area contributed by atoms with Gasteiger partial charge in [0.25, 0.3) is 0 Å². The van der Waals surface area contributed by atoms with Crippen LogP contribution in [0.15, 0.2) is 12.4 Å². The van der Waals surface area contributed by atoms with E-state index in [1.165, 1.54) is 0 Å². The molecule has 0 aliphatic carbocycles. The molecular weight excluding hydrogens is 220 g/mol. The Morgan fingerprint density at radius 1 is 1.23 bits per heavy atom.